The van der Waals surface area contributed by atoms with E-state index in [1.54, 1.807) is 13.0 Å². The maximum atomic E-state index is 13.5. The van der Waals surface area contributed by atoms with E-state index in [0.717, 1.165) is 0 Å². The lowest BCUT2D eigenvalue weighted by molar-refractivity contribution is -0.301. The molecule has 0 unspecified atom stereocenters. The fourth-order valence-corrected chi connectivity index (χ4v) is 6.75. The lowest BCUT2D eigenvalue weighted by Gasteiger charge is -2.67. The van der Waals surface area contributed by atoms with E-state index in [4.69, 9.17) is 13.9 Å². The van der Waals surface area contributed by atoms with Gasteiger partial charge in [-0.25, -0.2) is 0 Å². The molecule has 0 spiro atoms. The van der Waals surface area contributed by atoms with Crippen molar-refractivity contribution in [3.63, 3.8) is 0 Å². The molecule has 170 valence electrons. The molecule has 7 atom stereocenters. The minimum Gasteiger partial charge on any atom is -0.469 e. The van der Waals surface area contributed by atoms with E-state index in [9.17, 15) is 24.6 Å². The van der Waals surface area contributed by atoms with Crippen molar-refractivity contribution in [3.8, 4) is 0 Å². The van der Waals surface area contributed by atoms with Crippen LogP contribution in [0.4, 0.5) is 0 Å². The van der Waals surface area contributed by atoms with Gasteiger partial charge >= 0.3 is 11.9 Å². The number of ketones is 1. The Morgan fingerprint density at radius 1 is 1.26 bits per heavy atom. The minimum absolute atomic E-state index is 0.174. The number of aliphatic hydroxyl groups excluding tert-OH is 1. The van der Waals surface area contributed by atoms with Crippen molar-refractivity contribution in [2.45, 2.75) is 70.7 Å². The van der Waals surface area contributed by atoms with Gasteiger partial charge in [0.2, 0.25) is 0 Å². The molecule has 0 amide bonds. The second-order valence-corrected chi connectivity index (χ2v) is 9.98. The highest BCUT2D eigenvalue weighted by Gasteiger charge is 2.76. The molecule has 0 radical (unpaired) electrons. The van der Waals surface area contributed by atoms with Gasteiger partial charge in [0, 0.05) is 31.2 Å². The molecule has 0 aliphatic heterocycles. The van der Waals surface area contributed by atoms with Gasteiger partial charge in [-0.05, 0) is 30.7 Å². The van der Waals surface area contributed by atoms with E-state index in [1.165, 1.54) is 20.3 Å². The highest BCUT2D eigenvalue weighted by atomic mass is 16.6. The number of ether oxygens (including phenoxy) is 2. The zero-order valence-electron chi connectivity index (χ0n) is 18.5. The van der Waals surface area contributed by atoms with Gasteiger partial charge in [0.15, 0.2) is 6.10 Å². The Bertz CT molecular complexity index is 932. The predicted octanol–water partition coefficient (Wildman–Crippen LogP) is 1.76. The van der Waals surface area contributed by atoms with Crippen molar-refractivity contribution in [3.05, 3.63) is 23.7 Å². The zero-order valence-corrected chi connectivity index (χ0v) is 18.5. The quantitative estimate of drug-likeness (QED) is 0.675. The average Bonchev–Trinajstić information content (AvgIpc) is 3.18. The van der Waals surface area contributed by atoms with Gasteiger partial charge in [0.25, 0.3) is 0 Å². The van der Waals surface area contributed by atoms with Crippen LogP contribution in [-0.2, 0) is 30.3 Å². The highest BCUT2D eigenvalue weighted by Crippen LogP contribution is 2.66. The molecule has 3 aliphatic rings. The van der Waals surface area contributed by atoms with Gasteiger partial charge in [-0.3, -0.25) is 14.4 Å². The van der Waals surface area contributed by atoms with Crippen molar-refractivity contribution in [1.29, 1.82) is 0 Å². The van der Waals surface area contributed by atoms with E-state index in [1.807, 2.05) is 13.8 Å². The number of fused-ring (bicyclic) bond motifs is 4. The standard InChI is InChI=1S/C23H30O8/c1-11(24)31-19-18(26)17-13(10-14-12(7-9-30-14)16(17)20(27)29-5)22(4)15(25)6-8-21(2,3)23(19,22)28/h7,9,13,16-19,26,28H,6,8,10H2,1-5H3/t13-,16+,17+,18+,19+,22-,23+/m1/s1. The first-order valence-corrected chi connectivity index (χ1v) is 10.7. The monoisotopic (exact) mass is 434 g/mol. The zero-order chi connectivity index (χ0) is 22.9. The number of hydrogen-bond acceptors (Lipinski definition) is 8. The van der Waals surface area contributed by atoms with Crippen molar-refractivity contribution in [2.75, 3.05) is 7.11 Å². The molecule has 1 aromatic rings. The molecule has 2 N–H and O–H groups in total. The molecule has 0 bridgehead atoms. The summed E-state index contributed by atoms with van der Waals surface area (Å²) < 4.78 is 16.2. The summed E-state index contributed by atoms with van der Waals surface area (Å²) >= 11 is 0. The summed E-state index contributed by atoms with van der Waals surface area (Å²) in [6.07, 6.45) is -0.404. The normalized spacial score (nSPS) is 40.9. The third kappa shape index (κ3) is 2.64. The average molecular weight is 434 g/mol. The number of hydrogen-bond donors (Lipinski definition) is 2. The van der Waals surface area contributed by atoms with E-state index < -0.39 is 58.3 Å². The number of rotatable bonds is 2. The van der Waals surface area contributed by atoms with Crippen LogP contribution >= 0.6 is 0 Å². The largest absolute Gasteiger partial charge is 0.469 e. The molecule has 0 saturated heterocycles. The number of methoxy groups -OCH3 is 1. The Balaban J connectivity index is 1.99. The maximum Gasteiger partial charge on any atom is 0.313 e. The van der Waals surface area contributed by atoms with Gasteiger partial charge in [0.1, 0.15) is 17.1 Å². The van der Waals surface area contributed by atoms with Crippen LogP contribution in [0.15, 0.2) is 16.7 Å². The molecule has 2 saturated carbocycles. The number of esters is 2. The number of furan rings is 1. The maximum absolute atomic E-state index is 13.5. The smallest absolute Gasteiger partial charge is 0.313 e. The van der Waals surface area contributed by atoms with E-state index in [-0.39, 0.29) is 18.6 Å². The third-order valence-corrected chi connectivity index (χ3v) is 8.36. The summed E-state index contributed by atoms with van der Waals surface area (Å²) in [6, 6.07) is 1.66. The summed E-state index contributed by atoms with van der Waals surface area (Å²) in [5, 5.41) is 23.8. The van der Waals surface area contributed by atoms with E-state index in [2.05, 4.69) is 0 Å². The molecule has 31 heavy (non-hydrogen) atoms. The summed E-state index contributed by atoms with van der Waals surface area (Å²) in [5.41, 5.74) is -3.47. The number of Topliss-reactive ketones (excluding diaryl/α,β-unsaturated/α-hetero) is 1. The summed E-state index contributed by atoms with van der Waals surface area (Å²) in [5.74, 6) is -3.22. The summed E-state index contributed by atoms with van der Waals surface area (Å²) in [7, 11) is 1.26. The molecule has 1 heterocycles. The topological polar surface area (TPSA) is 123 Å². The van der Waals surface area contributed by atoms with Crippen LogP contribution in [0.1, 0.15) is 57.8 Å². The number of carbonyl (C=O) groups excluding carboxylic acids is 3. The lowest BCUT2D eigenvalue weighted by Crippen LogP contribution is -2.79. The highest BCUT2D eigenvalue weighted by molar-refractivity contribution is 5.89. The van der Waals surface area contributed by atoms with Crippen molar-refractivity contribution >= 4 is 17.7 Å². The summed E-state index contributed by atoms with van der Waals surface area (Å²) in [6.45, 7) is 6.52. The van der Waals surface area contributed by atoms with Gasteiger partial charge in [-0.1, -0.05) is 13.8 Å². The van der Waals surface area contributed by atoms with Crippen molar-refractivity contribution in [1.82, 2.24) is 0 Å². The van der Waals surface area contributed by atoms with Crippen LogP contribution in [0, 0.1) is 22.7 Å². The van der Waals surface area contributed by atoms with Crippen LogP contribution in [-0.4, -0.2) is 52.9 Å². The van der Waals surface area contributed by atoms with Gasteiger partial charge in [0.05, 0.1) is 30.8 Å². The second-order valence-electron chi connectivity index (χ2n) is 9.98. The van der Waals surface area contributed by atoms with Crippen LogP contribution in [0.25, 0.3) is 0 Å². The number of aliphatic hydroxyl groups is 2. The SMILES string of the molecule is COC(=O)[C@H]1c2ccoc2C[C@@H]2[C@@H]1[C@H](O)[C@H](OC(C)=O)[C@]1(O)C(C)(C)CCC(=O)[C@@]21C. The Kier molecular flexibility index (Phi) is 4.90. The predicted molar refractivity (Wildman–Crippen MR) is 107 cm³/mol. The Labute approximate surface area is 180 Å². The molecule has 2 fully saturated rings. The molecule has 3 aliphatic carbocycles. The Morgan fingerprint density at radius 3 is 2.55 bits per heavy atom. The first-order chi connectivity index (χ1) is 14.4. The molecule has 0 aromatic carbocycles. The molecule has 8 nitrogen and oxygen atoms in total. The third-order valence-electron chi connectivity index (χ3n) is 8.36. The first-order valence-electron chi connectivity index (χ1n) is 10.7. The van der Waals surface area contributed by atoms with Crippen LogP contribution in [0.2, 0.25) is 0 Å². The second kappa shape index (κ2) is 6.90. The van der Waals surface area contributed by atoms with Crippen LogP contribution in [0.5, 0.6) is 0 Å². The fourth-order valence-electron chi connectivity index (χ4n) is 6.75. The van der Waals surface area contributed by atoms with E-state index in [0.29, 0.717) is 17.7 Å². The Morgan fingerprint density at radius 2 is 1.94 bits per heavy atom. The Hall–Kier alpha value is -2.19. The van der Waals surface area contributed by atoms with Crippen LogP contribution in [0.3, 0.4) is 0 Å². The molecule has 1 aromatic heterocycles. The molecule has 4 rings (SSSR count). The molecule has 8 heteroatoms. The van der Waals surface area contributed by atoms with Crippen molar-refractivity contribution < 1.29 is 38.5 Å². The number of carbonyl (C=O) groups is 3. The van der Waals surface area contributed by atoms with Gasteiger partial charge in [-0.15, -0.1) is 0 Å². The van der Waals surface area contributed by atoms with Crippen molar-refractivity contribution in [2.24, 2.45) is 22.7 Å². The van der Waals surface area contributed by atoms with E-state index >= 15 is 0 Å². The fraction of sp³-hybridized carbons (Fsp3) is 0.696. The minimum atomic E-state index is -1.84. The van der Waals surface area contributed by atoms with Gasteiger partial charge in [-0.2, -0.15) is 0 Å². The lowest BCUT2D eigenvalue weighted by atomic mass is 9.39. The van der Waals surface area contributed by atoms with Gasteiger partial charge < -0.3 is 24.1 Å². The summed E-state index contributed by atoms with van der Waals surface area (Å²) in [4.78, 5) is 38.4. The van der Waals surface area contributed by atoms with Crippen LogP contribution < -0.4 is 0 Å². The molecular weight excluding hydrogens is 404 g/mol. The first kappa shape index (κ1) is 22.0. The molecular formula is C23H30O8.